The second kappa shape index (κ2) is 9.69. The van der Waals surface area contributed by atoms with Gasteiger partial charge in [0.25, 0.3) is 0 Å². The zero-order valence-corrected chi connectivity index (χ0v) is 14.5. The molecule has 0 amide bonds. The van der Waals surface area contributed by atoms with Crippen LogP contribution in [0.4, 0.5) is 0 Å². The first-order chi connectivity index (χ1) is 10.8. The number of rotatable bonds is 8. The van der Waals surface area contributed by atoms with Crippen LogP contribution in [0.2, 0.25) is 0 Å². The summed E-state index contributed by atoms with van der Waals surface area (Å²) in [7, 11) is 0. The Morgan fingerprint density at radius 1 is 1.36 bits per heavy atom. The van der Waals surface area contributed by atoms with Crippen LogP contribution in [0.15, 0.2) is 29.3 Å². The van der Waals surface area contributed by atoms with E-state index in [-0.39, 0.29) is 0 Å². The van der Waals surface area contributed by atoms with Crippen molar-refractivity contribution in [3.05, 3.63) is 29.8 Å². The number of nitrogens with zero attached hydrogens (tertiary/aromatic N) is 2. The van der Waals surface area contributed by atoms with Crippen LogP contribution in [-0.4, -0.2) is 42.6 Å². The summed E-state index contributed by atoms with van der Waals surface area (Å²) in [6.45, 7) is 5.07. The molecule has 122 valence electrons. The number of nitrogens with one attached hydrogen (secondary N) is 1. The maximum Gasteiger partial charge on any atom is 0.188 e. The van der Waals surface area contributed by atoms with E-state index in [1.165, 1.54) is 25.9 Å². The summed E-state index contributed by atoms with van der Waals surface area (Å²) in [5.74, 6) is 1.34. The van der Waals surface area contributed by atoms with E-state index in [1.807, 2.05) is 24.3 Å². The van der Waals surface area contributed by atoms with E-state index in [1.54, 1.807) is 0 Å². The summed E-state index contributed by atoms with van der Waals surface area (Å²) in [5.41, 5.74) is 7.47. The molecular weight excluding hydrogens is 344 g/mol. The smallest absolute Gasteiger partial charge is 0.188 e. The number of hydrogen-bond acceptors (Lipinski definition) is 3. The lowest BCUT2D eigenvalue weighted by Gasteiger charge is -2.14. The molecule has 0 unspecified atom stereocenters. The van der Waals surface area contributed by atoms with Crippen molar-refractivity contribution in [1.82, 2.24) is 10.2 Å². The molecule has 0 spiro atoms. The third kappa shape index (κ3) is 6.23. The van der Waals surface area contributed by atoms with E-state index < -0.39 is 0 Å². The van der Waals surface area contributed by atoms with Gasteiger partial charge in [-0.05, 0) is 72.5 Å². The van der Waals surface area contributed by atoms with Gasteiger partial charge < -0.3 is 20.7 Å². The van der Waals surface area contributed by atoms with Gasteiger partial charge in [-0.3, -0.25) is 0 Å². The zero-order chi connectivity index (χ0) is 15.6. The number of likely N-dealkylation sites (tertiary alicyclic amines) is 1. The lowest BCUT2D eigenvalue weighted by Crippen LogP contribution is -2.34. The molecule has 0 aromatic heterocycles. The fourth-order valence-electron chi connectivity index (χ4n) is 2.55. The van der Waals surface area contributed by atoms with Crippen LogP contribution in [-0.2, 0) is 6.54 Å². The molecule has 0 radical (unpaired) electrons. The molecule has 1 aliphatic heterocycles. The van der Waals surface area contributed by atoms with Crippen molar-refractivity contribution in [1.29, 1.82) is 0 Å². The van der Waals surface area contributed by atoms with Crippen LogP contribution in [0.1, 0.15) is 24.8 Å². The van der Waals surface area contributed by atoms with Crippen molar-refractivity contribution in [2.75, 3.05) is 31.7 Å². The molecule has 5 nitrogen and oxygen atoms in total. The van der Waals surface area contributed by atoms with E-state index in [9.17, 15) is 0 Å². The highest BCUT2D eigenvalue weighted by atomic mass is 79.9. The topological polar surface area (TPSA) is 62.9 Å². The Kier molecular flexibility index (Phi) is 7.53. The molecule has 0 atom stereocenters. The Labute approximate surface area is 141 Å². The minimum atomic E-state index is 0.487. The molecule has 1 fully saturated rings. The Morgan fingerprint density at radius 3 is 2.95 bits per heavy atom. The average Bonchev–Trinajstić information content (AvgIpc) is 3.04. The number of nitrogens with two attached hydrogens (primary N) is 1. The third-order valence-corrected chi connectivity index (χ3v) is 3.94. The standard InChI is InChI=1S/C16H25BrN4O/c17-13-22-15-6-3-5-14(11-15)12-20-16(18)19-7-4-10-21-8-1-2-9-21/h3,5-6,11H,1-2,4,7-10,12-13H2,(H3,18,19,20). The van der Waals surface area contributed by atoms with Crippen LogP contribution in [0, 0.1) is 0 Å². The van der Waals surface area contributed by atoms with E-state index in [0.29, 0.717) is 18.0 Å². The molecular formula is C16H25BrN4O. The summed E-state index contributed by atoms with van der Waals surface area (Å²) in [5, 5.41) is 3.18. The summed E-state index contributed by atoms with van der Waals surface area (Å²) in [6, 6.07) is 7.88. The van der Waals surface area contributed by atoms with Crippen LogP contribution in [0.25, 0.3) is 0 Å². The van der Waals surface area contributed by atoms with E-state index in [4.69, 9.17) is 10.5 Å². The molecule has 6 heteroatoms. The zero-order valence-electron chi connectivity index (χ0n) is 12.9. The first-order valence-electron chi connectivity index (χ1n) is 7.82. The van der Waals surface area contributed by atoms with Crippen molar-refractivity contribution >= 4 is 21.9 Å². The molecule has 1 aromatic rings. The van der Waals surface area contributed by atoms with Gasteiger partial charge in [-0.1, -0.05) is 12.1 Å². The lowest BCUT2D eigenvalue weighted by atomic mass is 10.2. The summed E-state index contributed by atoms with van der Waals surface area (Å²) < 4.78 is 5.40. The molecule has 1 aromatic carbocycles. The van der Waals surface area contributed by atoms with Crippen LogP contribution in [0.5, 0.6) is 5.75 Å². The van der Waals surface area contributed by atoms with Gasteiger partial charge in [0.2, 0.25) is 0 Å². The summed E-state index contributed by atoms with van der Waals surface area (Å²) in [4.78, 5) is 6.87. The number of benzene rings is 1. The number of ether oxygens (including phenoxy) is 1. The van der Waals surface area contributed by atoms with Gasteiger partial charge in [-0.15, -0.1) is 0 Å². The maximum absolute atomic E-state index is 5.90. The van der Waals surface area contributed by atoms with Gasteiger partial charge in [-0.25, -0.2) is 4.99 Å². The quantitative estimate of drug-likeness (QED) is 0.320. The summed E-state index contributed by atoms with van der Waals surface area (Å²) in [6.07, 6.45) is 3.79. The second-order valence-electron chi connectivity index (χ2n) is 5.43. The largest absolute Gasteiger partial charge is 0.482 e. The van der Waals surface area contributed by atoms with Gasteiger partial charge in [0, 0.05) is 6.54 Å². The highest BCUT2D eigenvalue weighted by Gasteiger charge is 2.09. The van der Waals surface area contributed by atoms with Gasteiger partial charge in [0.05, 0.1) is 6.54 Å². The van der Waals surface area contributed by atoms with E-state index >= 15 is 0 Å². The lowest BCUT2D eigenvalue weighted by molar-refractivity contribution is 0.334. The molecule has 0 bridgehead atoms. The Balaban J connectivity index is 1.66. The molecule has 1 heterocycles. The van der Waals surface area contributed by atoms with E-state index in [2.05, 4.69) is 31.1 Å². The highest BCUT2D eigenvalue weighted by Crippen LogP contribution is 2.14. The number of hydrogen-bond donors (Lipinski definition) is 2. The number of guanidine groups is 1. The van der Waals surface area contributed by atoms with Crippen molar-refractivity contribution in [3.8, 4) is 5.75 Å². The Morgan fingerprint density at radius 2 is 2.18 bits per heavy atom. The fourth-order valence-corrected chi connectivity index (χ4v) is 2.82. The Hall–Kier alpha value is -1.27. The molecule has 0 saturated carbocycles. The van der Waals surface area contributed by atoms with Gasteiger partial charge >= 0.3 is 0 Å². The molecule has 0 aliphatic carbocycles. The van der Waals surface area contributed by atoms with E-state index in [0.717, 1.165) is 30.8 Å². The minimum Gasteiger partial charge on any atom is -0.482 e. The van der Waals surface area contributed by atoms with Crippen LogP contribution in [0.3, 0.4) is 0 Å². The molecule has 1 saturated heterocycles. The first kappa shape index (κ1) is 17.1. The molecule has 1 aliphatic rings. The number of aliphatic imine (C=N–C) groups is 1. The summed E-state index contributed by atoms with van der Waals surface area (Å²) >= 11 is 3.25. The Bertz CT molecular complexity index is 475. The van der Waals surface area contributed by atoms with Gasteiger partial charge in [0.15, 0.2) is 5.96 Å². The van der Waals surface area contributed by atoms with Crippen molar-refractivity contribution in [2.45, 2.75) is 25.8 Å². The SMILES string of the molecule is NC(=NCc1cccc(OCBr)c1)NCCCN1CCCC1. The van der Waals surface area contributed by atoms with Crippen LogP contribution < -0.4 is 15.8 Å². The number of halogens is 1. The van der Waals surface area contributed by atoms with Gasteiger partial charge in [0.1, 0.15) is 11.3 Å². The third-order valence-electron chi connectivity index (χ3n) is 3.71. The number of alkyl halides is 1. The van der Waals surface area contributed by atoms with Crippen molar-refractivity contribution in [2.24, 2.45) is 10.7 Å². The monoisotopic (exact) mass is 368 g/mol. The second-order valence-corrected chi connectivity index (χ2v) is 5.89. The predicted molar refractivity (Wildman–Crippen MR) is 94.5 cm³/mol. The molecule has 22 heavy (non-hydrogen) atoms. The molecule has 3 N–H and O–H groups in total. The normalized spacial score (nSPS) is 16.0. The highest BCUT2D eigenvalue weighted by molar-refractivity contribution is 9.09. The van der Waals surface area contributed by atoms with Crippen molar-refractivity contribution in [3.63, 3.8) is 0 Å². The minimum absolute atomic E-state index is 0.487. The first-order valence-corrected chi connectivity index (χ1v) is 8.94. The molecule has 2 rings (SSSR count). The van der Waals surface area contributed by atoms with Crippen LogP contribution >= 0.6 is 15.9 Å². The van der Waals surface area contributed by atoms with Gasteiger partial charge in [-0.2, -0.15) is 0 Å². The fraction of sp³-hybridized carbons (Fsp3) is 0.562. The predicted octanol–water partition coefficient (Wildman–Crippen LogP) is 2.31. The maximum atomic E-state index is 5.90. The average molecular weight is 369 g/mol. The van der Waals surface area contributed by atoms with Crippen molar-refractivity contribution < 1.29 is 4.74 Å².